The molecule has 2 nitrogen and oxygen atoms in total. The van der Waals surface area contributed by atoms with Gasteiger partial charge in [-0.05, 0) is 60.7 Å². The summed E-state index contributed by atoms with van der Waals surface area (Å²) in [7, 11) is 0. The molecule has 0 spiro atoms. The Labute approximate surface area is 154 Å². The summed E-state index contributed by atoms with van der Waals surface area (Å²) in [4.78, 5) is 0. The number of halogens is 1. The van der Waals surface area contributed by atoms with E-state index in [4.69, 9.17) is 9.47 Å². The van der Waals surface area contributed by atoms with Gasteiger partial charge in [0.25, 0.3) is 0 Å². The molecule has 0 N–H and O–H groups in total. The Balaban J connectivity index is 1.98. The summed E-state index contributed by atoms with van der Waals surface area (Å²) in [6.07, 6.45) is 7.15. The summed E-state index contributed by atoms with van der Waals surface area (Å²) in [5.41, 5.74) is 1.22. The van der Waals surface area contributed by atoms with Crippen molar-refractivity contribution >= 4 is 26.7 Å². The van der Waals surface area contributed by atoms with Gasteiger partial charge in [-0.15, -0.1) is 0 Å². The van der Waals surface area contributed by atoms with Gasteiger partial charge in [0.15, 0.2) is 0 Å². The number of hydrogen-bond acceptors (Lipinski definition) is 2. The zero-order chi connectivity index (χ0) is 17.2. The number of unbranched alkanes of at least 4 members (excludes halogenated alkanes) is 4. The molecule has 0 saturated heterocycles. The summed E-state index contributed by atoms with van der Waals surface area (Å²) in [6, 6.07) is 10.6. The van der Waals surface area contributed by atoms with Crippen LogP contribution in [0.25, 0.3) is 10.8 Å². The van der Waals surface area contributed by atoms with E-state index >= 15 is 0 Å². The Hall–Kier alpha value is -1.22. The molecule has 0 aliphatic carbocycles. The molecule has 0 atom stereocenters. The van der Waals surface area contributed by atoms with Crippen molar-refractivity contribution in [2.24, 2.45) is 0 Å². The van der Waals surface area contributed by atoms with E-state index in [2.05, 4.69) is 60.1 Å². The van der Waals surface area contributed by atoms with E-state index < -0.39 is 0 Å². The number of benzene rings is 2. The predicted octanol–water partition coefficient (Wildman–Crippen LogP) is 6.66. The van der Waals surface area contributed by atoms with Crippen LogP contribution in [0.3, 0.4) is 0 Å². The van der Waals surface area contributed by atoms with Gasteiger partial charge in [-0.3, -0.25) is 0 Å². The van der Waals surface area contributed by atoms with Crippen LogP contribution in [0.5, 0.6) is 11.5 Å². The van der Waals surface area contributed by atoms with E-state index in [1.165, 1.54) is 35.6 Å². The van der Waals surface area contributed by atoms with Crippen molar-refractivity contribution in [2.45, 2.75) is 52.4 Å². The maximum Gasteiger partial charge on any atom is 0.122 e. The fourth-order valence-electron chi connectivity index (χ4n) is 2.79. The first kappa shape index (κ1) is 19.1. The Morgan fingerprint density at radius 2 is 1.67 bits per heavy atom. The van der Waals surface area contributed by atoms with Crippen LogP contribution in [0.15, 0.2) is 30.3 Å². The number of alkyl halides is 1. The largest absolute Gasteiger partial charge is 0.494 e. The maximum absolute atomic E-state index is 5.98. The van der Waals surface area contributed by atoms with Crippen molar-refractivity contribution in [3.05, 3.63) is 35.9 Å². The van der Waals surface area contributed by atoms with Crippen molar-refractivity contribution in [1.29, 1.82) is 0 Å². The molecule has 0 radical (unpaired) electrons. The molecule has 0 aromatic heterocycles. The second-order valence-corrected chi connectivity index (χ2v) is 7.02. The minimum absolute atomic E-state index is 0.773. The quantitative estimate of drug-likeness (QED) is 0.314. The number of aryl methyl sites for hydroxylation is 1. The maximum atomic E-state index is 5.98. The van der Waals surface area contributed by atoms with Crippen LogP contribution in [0, 0.1) is 6.92 Å². The monoisotopic (exact) mass is 392 g/mol. The van der Waals surface area contributed by atoms with Gasteiger partial charge in [-0.25, -0.2) is 0 Å². The molecule has 0 amide bonds. The van der Waals surface area contributed by atoms with E-state index in [0.717, 1.165) is 49.3 Å². The molecule has 3 heteroatoms. The predicted molar refractivity (Wildman–Crippen MR) is 107 cm³/mol. The second kappa shape index (κ2) is 10.6. The van der Waals surface area contributed by atoms with Gasteiger partial charge in [0.2, 0.25) is 0 Å². The average Bonchev–Trinajstić information content (AvgIpc) is 2.60. The molecule has 2 aromatic carbocycles. The van der Waals surface area contributed by atoms with Crippen LogP contribution >= 0.6 is 15.9 Å². The van der Waals surface area contributed by atoms with E-state index in [1.54, 1.807) is 0 Å². The number of rotatable bonds is 11. The van der Waals surface area contributed by atoms with E-state index in [0.29, 0.717) is 0 Å². The lowest BCUT2D eigenvalue weighted by atomic mass is 10.0. The van der Waals surface area contributed by atoms with Crippen LogP contribution in [0.2, 0.25) is 0 Å². The van der Waals surface area contributed by atoms with Crippen LogP contribution in [0.1, 0.15) is 51.0 Å². The van der Waals surface area contributed by atoms with Gasteiger partial charge in [-0.1, -0.05) is 54.2 Å². The molecule has 0 aliphatic heterocycles. The lowest BCUT2D eigenvalue weighted by molar-refractivity contribution is 0.303. The van der Waals surface area contributed by atoms with Crippen molar-refractivity contribution in [3.8, 4) is 11.5 Å². The van der Waals surface area contributed by atoms with Crippen LogP contribution in [-0.4, -0.2) is 18.5 Å². The first-order valence-electron chi connectivity index (χ1n) is 9.11. The smallest absolute Gasteiger partial charge is 0.122 e. The van der Waals surface area contributed by atoms with Gasteiger partial charge in [0, 0.05) is 5.33 Å². The topological polar surface area (TPSA) is 18.5 Å². The third-order valence-electron chi connectivity index (χ3n) is 4.26. The summed E-state index contributed by atoms with van der Waals surface area (Å²) < 4.78 is 11.8. The summed E-state index contributed by atoms with van der Waals surface area (Å²) in [5.74, 6) is 1.95. The molecule has 0 saturated carbocycles. The highest BCUT2D eigenvalue weighted by Crippen LogP contribution is 2.30. The molecule has 0 bridgehead atoms. The Morgan fingerprint density at radius 1 is 0.875 bits per heavy atom. The first-order chi connectivity index (χ1) is 11.8. The second-order valence-electron chi connectivity index (χ2n) is 6.23. The van der Waals surface area contributed by atoms with Gasteiger partial charge < -0.3 is 9.47 Å². The van der Waals surface area contributed by atoms with Crippen molar-refractivity contribution in [3.63, 3.8) is 0 Å². The molecular weight excluding hydrogens is 364 g/mol. The number of fused-ring (bicyclic) bond motifs is 1. The van der Waals surface area contributed by atoms with Gasteiger partial charge >= 0.3 is 0 Å². The van der Waals surface area contributed by atoms with Gasteiger partial charge in [0.05, 0.1) is 13.2 Å². The fourth-order valence-corrected chi connectivity index (χ4v) is 3.18. The van der Waals surface area contributed by atoms with E-state index in [-0.39, 0.29) is 0 Å². The molecule has 24 heavy (non-hydrogen) atoms. The zero-order valence-electron chi connectivity index (χ0n) is 14.9. The number of hydrogen-bond donors (Lipinski definition) is 0. The minimum atomic E-state index is 0.773. The highest BCUT2D eigenvalue weighted by Gasteiger charge is 2.06. The van der Waals surface area contributed by atoms with Crippen LogP contribution in [-0.2, 0) is 0 Å². The fraction of sp³-hybridized carbons (Fsp3) is 0.524. The molecular formula is C21H29BrO2. The molecule has 132 valence electrons. The summed E-state index contributed by atoms with van der Waals surface area (Å²) >= 11 is 3.45. The number of ether oxygens (including phenoxy) is 2. The highest BCUT2D eigenvalue weighted by molar-refractivity contribution is 9.09. The Bertz CT molecular complexity index is 625. The normalized spacial score (nSPS) is 11.0. The molecule has 2 rings (SSSR count). The third-order valence-corrected chi connectivity index (χ3v) is 4.82. The molecule has 0 heterocycles. The lowest BCUT2D eigenvalue weighted by Gasteiger charge is -2.13. The third kappa shape index (κ3) is 5.70. The summed E-state index contributed by atoms with van der Waals surface area (Å²) in [5, 5.41) is 3.49. The minimum Gasteiger partial charge on any atom is -0.494 e. The first-order valence-corrected chi connectivity index (χ1v) is 10.2. The lowest BCUT2D eigenvalue weighted by Crippen LogP contribution is -2.00. The molecule has 2 aromatic rings. The standard InChI is InChI=1S/C21H29BrO2/c1-3-4-5-7-15-24-21-12-9-18-16-19(23-14-8-6-13-22)10-11-20(18)17(21)2/h9-12,16H,3-8,13-15H2,1-2H3. The van der Waals surface area contributed by atoms with E-state index in [9.17, 15) is 0 Å². The van der Waals surface area contributed by atoms with E-state index in [1.807, 2.05) is 0 Å². The zero-order valence-corrected chi connectivity index (χ0v) is 16.5. The Morgan fingerprint density at radius 3 is 2.46 bits per heavy atom. The average molecular weight is 393 g/mol. The molecule has 0 fully saturated rings. The van der Waals surface area contributed by atoms with Crippen molar-refractivity contribution in [2.75, 3.05) is 18.5 Å². The van der Waals surface area contributed by atoms with Gasteiger partial charge in [0.1, 0.15) is 11.5 Å². The Kier molecular flexibility index (Phi) is 8.44. The molecule has 0 unspecified atom stereocenters. The van der Waals surface area contributed by atoms with Crippen molar-refractivity contribution in [1.82, 2.24) is 0 Å². The molecule has 0 aliphatic rings. The van der Waals surface area contributed by atoms with Gasteiger partial charge in [-0.2, -0.15) is 0 Å². The highest BCUT2D eigenvalue weighted by atomic mass is 79.9. The van der Waals surface area contributed by atoms with Crippen LogP contribution in [0.4, 0.5) is 0 Å². The SMILES string of the molecule is CCCCCCOc1ccc2cc(OCCCCBr)ccc2c1C. The van der Waals surface area contributed by atoms with Crippen molar-refractivity contribution < 1.29 is 9.47 Å². The summed E-state index contributed by atoms with van der Waals surface area (Å²) in [6.45, 7) is 5.95. The van der Waals surface area contributed by atoms with Crippen LogP contribution < -0.4 is 9.47 Å².